The van der Waals surface area contributed by atoms with Gasteiger partial charge in [-0.1, -0.05) is 75.8 Å². The minimum atomic E-state index is -1.20. The number of unbranched alkanes of at least 4 members (excludes halogenated alkanes) is 6. The number of hydrogen-bond acceptors (Lipinski definition) is 5. The number of anilines is 1. The molecule has 0 aromatic heterocycles. The second kappa shape index (κ2) is 17.7. The molecule has 3 atom stereocenters. The van der Waals surface area contributed by atoms with Crippen molar-refractivity contribution in [3.63, 3.8) is 0 Å². The molecule has 3 unspecified atom stereocenters. The van der Waals surface area contributed by atoms with Crippen molar-refractivity contribution in [2.75, 3.05) is 5.32 Å². The van der Waals surface area contributed by atoms with Crippen LogP contribution in [0.5, 0.6) is 0 Å². The van der Waals surface area contributed by atoms with Gasteiger partial charge in [0, 0.05) is 17.0 Å². The molecule has 0 aliphatic carbocycles. The largest absolute Gasteiger partial charge is 0.481 e. The number of carboxylic acid groups (broad SMARTS) is 2. The molecule has 0 saturated carbocycles. The second-order valence-electron chi connectivity index (χ2n) is 10.1. The number of thioether (sulfide) groups is 1. The average molecular weight is 558 g/mol. The molecule has 2 aromatic rings. The van der Waals surface area contributed by atoms with Crippen LogP contribution in [0.4, 0.5) is 5.69 Å². The molecule has 0 saturated heterocycles. The predicted molar refractivity (Wildman–Crippen MR) is 156 cm³/mol. The minimum Gasteiger partial charge on any atom is -0.481 e. The van der Waals surface area contributed by atoms with Gasteiger partial charge in [-0.2, -0.15) is 0 Å². The Kier molecular flexibility index (Phi) is 14.7. The zero-order chi connectivity index (χ0) is 28.6. The third kappa shape index (κ3) is 12.3. The van der Waals surface area contributed by atoms with Crippen LogP contribution < -0.4 is 5.32 Å². The van der Waals surface area contributed by atoms with E-state index in [9.17, 15) is 19.5 Å². The molecule has 0 bridgehead atoms. The maximum Gasteiger partial charge on any atom is 0.315 e. The maximum atomic E-state index is 12.2. The molecule has 0 aliphatic rings. The summed E-state index contributed by atoms with van der Waals surface area (Å²) in [5.74, 6) is -3.87. The fourth-order valence-corrected chi connectivity index (χ4v) is 5.53. The standard InChI is InChI=1S/C31H43NO6S/c1-3-4-5-6-7-8-9-12-23-17-19-24(20-18-23)29(27(33)15-11-16-28(34)35)39-26-14-10-13-25(21-26)32-30(36)22(2)31(37)38/h10,13-14,17-22,27,29,33H,3-9,11-12,15-16H2,1-2H3,(H,32,36)(H,34,35)(H,37,38). The summed E-state index contributed by atoms with van der Waals surface area (Å²) in [6.07, 6.45) is 9.79. The first-order valence-corrected chi connectivity index (χ1v) is 14.9. The van der Waals surface area contributed by atoms with Crippen molar-refractivity contribution in [1.29, 1.82) is 0 Å². The van der Waals surface area contributed by atoms with E-state index in [0.717, 1.165) is 23.3 Å². The molecule has 0 radical (unpaired) electrons. The van der Waals surface area contributed by atoms with Gasteiger partial charge in [0.15, 0.2) is 0 Å². The molecule has 0 spiro atoms. The lowest BCUT2D eigenvalue weighted by Crippen LogP contribution is -2.26. The Morgan fingerprint density at radius 2 is 1.56 bits per heavy atom. The summed E-state index contributed by atoms with van der Waals surface area (Å²) in [5.41, 5.74) is 2.68. The molecule has 4 N–H and O–H groups in total. The number of rotatable bonds is 19. The highest BCUT2D eigenvalue weighted by Crippen LogP contribution is 2.40. The zero-order valence-corrected chi connectivity index (χ0v) is 23.9. The van der Waals surface area contributed by atoms with E-state index < -0.39 is 29.9 Å². The third-order valence-electron chi connectivity index (χ3n) is 6.75. The molecule has 7 nitrogen and oxygen atoms in total. The van der Waals surface area contributed by atoms with Crippen molar-refractivity contribution in [3.05, 3.63) is 59.7 Å². The number of carbonyl (C=O) groups is 3. The highest BCUT2D eigenvalue weighted by atomic mass is 32.2. The molecular formula is C31H43NO6S. The lowest BCUT2D eigenvalue weighted by Gasteiger charge is -2.24. The van der Waals surface area contributed by atoms with E-state index in [2.05, 4.69) is 24.4 Å². The first kappa shape index (κ1) is 32.4. The lowest BCUT2D eigenvalue weighted by molar-refractivity contribution is -0.144. The number of nitrogens with one attached hydrogen (secondary N) is 1. The Morgan fingerprint density at radius 3 is 2.21 bits per heavy atom. The molecule has 214 valence electrons. The van der Waals surface area contributed by atoms with E-state index in [4.69, 9.17) is 10.2 Å². The Bertz CT molecular complexity index is 1040. The van der Waals surface area contributed by atoms with Crippen molar-refractivity contribution in [3.8, 4) is 0 Å². The van der Waals surface area contributed by atoms with Gasteiger partial charge in [0.1, 0.15) is 5.92 Å². The van der Waals surface area contributed by atoms with Crippen LogP contribution in [0.25, 0.3) is 0 Å². The van der Waals surface area contributed by atoms with E-state index in [-0.39, 0.29) is 11.7 Å². The Morgan fingerprint density at radius 1 is 0.897 bits per heavy atom. The molecule has 0 heterocycles. The van der Waals surface area contributed by atoms with Crippen LogP contribution in [0.1, 0.15) is 94.4 Å². The van der Waals surface area contributed by atoms with E-state index in [0.29, 0.717) is 18.5 Å². The SMILES string of the molecule is CCCCCCCCCc1ccc(C(Sc2cccc(NC(=O)C(C)C(=O)O)c2)C(O)CCCC(=O)O)cc1. The van der Waals surface area contributed by atoms with Crippen molar-refractivity contribution in [2.24, 2.45) is 5.92 Å². The maximum absolute atomic E-state index is 12.2. The molecule has 1 amide bonds. The summed E-state index contributed by atoms with van der Waals surface area (Å²) in [6.45, 7) is 3.56. The van der Waals surface area contributed by atoms with E-state index >= 15 is 0 Å². The first-order valence-electron chi connectivity index (χ1n) is 14.0. The van der Waals surface area contributed by atoms with Gasteiger partial charge in [-0.15, -0.1) is 11.8 Å². The van der Waals surface area contributed by atoms with Gasteiger partial charge >= 0.3 is 11.9 Å². The predicted octanol–water partition coefficient (Wildman–Crippen LogP) is 7.09. The van der Waals surface area contributed by atoms with Gasteiger partial charge in [-0.05, 0) is 61.9 Å². The zero-order valence-electron chi connectivity index (χ0n) is 23.1. The number of aliphatic carboxylic acids is 2. The van der Waals surface area contributed by atoms with Gasteiger partial charge in [0.05, 0.1) is 11.4 Å². The van der Waals surface area contributed by atoms with E-state index in [1.54, 1.807) is 18.2 Å². The quantitative estimate of drug-likeness (QED) is 0.0826. The van der Waals surface area contributed by atoms with Crippen LogP contribution in [0.3, 0.4) is 0 Å². The smallest absolute Gasteiger partial charge is 0.315 e. The number of aliphatic hydroxyl groups excluding tert-OH is 1. The minimum absolute atomic E-state index is 0.00485. The van der Waals surface area contributed by atoms with Crippen LogP contribution in [-0.4, -0.2) is 39.3 Å². The van der Waals surface area contributed by atoms with Crippen LogP contribution in [0.2, 0.25) is 0 Å². The first-order chi connectivity index (χ1) is 18.7. The molecule has 39 heavy (non-hydrogen) atoms. The molecule has 2 aromatic carbocycles. The number of carbonyl (C=O) groups excluding carboxylic acids is 1. The normalized spacial score (nSPS) is 13.4. The van der Waals surface area contributed by atoms with Crippen molar-refractivity contribution in [1.82, 2.24) is 0 Å². The van der Waals surface area contributed by atoms with Crippen LogP contribution >= 0.6 is 11.8 Å². The van der Waals surface area contributed by atoms with Gasteiger partial charge in [-0.3, -0.25) is 14.4 Å². The molecule has 0 aliphatic heterocycles. The number of hydrogen-bond donors (Lipinski definition) is 4. The summed E-state index contributed by atoms with van der Waals surface area (Å²) < 4.78 is 0. The third-order valence-corrected chi connectivity index (χ3v) is 8.11. The highest BCUT2D eigenvalue weighted by Gasteiger charge is 2.24. The highest BCUT2D eigenvalue weighted by molar-refractivity contribution is 7.99. The lowest BCUT2D eigenvalue weighted by atomic mass is 9.99. The molecular weight excluding hydrogens is 514 g/mol. The van der Waals surface area contributed by atoms with Crippen LogP contribution in [0.15, 0.2) is 53.4 Å². The summed E-state index contributed by atoms with van der Waals surface area (Å²) in [5, 5.41) is 31.5. The topological polar surface area (TPSA) is 124 Å². The van der Waals surface area contributed by atoms with Gasteiger partial charge in [0.25, 0.3) is 0 Å². The average Bonchev–Trinajstić information content (AvgIpc) is 2.91. The second-order valence-corrected chi connectivity index (χ2v) is 11.3. The van der Waals surface area contributed by atoms with Crippen molar-refractivity contribution < 1.29 is 29.7 Å². The fraction of sp³-hybridized carbons (Fsp3) is 0.516. The molecule has 0 fully saturated rings. The molecule has 2 rings (SSSR count). The summed E-state index contributed by atoms with van der Waals surface area (Å²) >= 11 is 1.44. The van der Waals surface area contributed by atoms with E-state index in [1.165, 1.54) is 62.8 Å². The van der Waals surface area contributed by atoms with Crippen molar-refractivity contribution >= 4 is 35.3 Å². The fourth-order valence-electron chi connectivity index (χ4n) is 4.30. The Balaban J connectivity index is 2.09. The Hall–Kier alpha value is -2.84. The van der Waals surface area contributed by atoms with Gasteiger partial charge in [-0.25, -0.2) is 0 Å². The summed E-state index contributed by atoms with van der Waals surface area (Å²) in [6, 6.07) is 15.4. The summed E-state index contributed by atoms with van der Waals surface area (Å²) in [4.78, 5) is 35.1. The number of aryl methyl sites for hydroxylation is 1. The number of aliphatic hydroxyl groups is 1. The van der Waals surface area contributed by atoms with Crippen molar-refractivity contribution in [2.45, 2.75) is 101 Å². The van der Waals surface area contributed by atoms with Gasteiger partial charge in [0.2, 0.25) is 5.91 Å². The number of benzene rings is 2. The monoisotopic (exact) mass is 557 g/mol. The van der Waals surface area contributed by atoms with Crippen LogP contribution in [-0.2, 0) is 20.8 Å². The Labute approximate surface area is 236 Å². The number of carboxylic acids is 2. The number of amides is 1. The van der Waals surface area contributed by atoms with Gasteiger partial charge < -0.3 is 20.6 Å². The summed E-state index contributed by atoms with van der Waals surface area (Å²) in [7, 11) is 0. The van der Waals surface area contributed by atoms with Crippen LogP contribution in [0, 0.1) is 5.92 Å². The molecule has 8 heteroatoms. The van der Waals surface area contributed by atoms with E-state index in [1.807, 2.05) is 18.2 Å².